The second-order valence-electron chi connectivity index (χ2n) is 17.1. The lowest BCUT2D eigenvalue weighted by molar-refractivity contribution is -0.870. The van der Waals surface area contributed by atoms with Gasteiger partial charge in [-0.2, -0.15) is 0 Å². The summed E-state index contributed by atoms with van der Waals surface area (Å²) in [6.45, 7) is 4.52. The Balaban J connectivity index is 4.26. The van der Waals surface area contributed by atoms with E-state index in [1.165, 1.54) is 116 Å². The highest BCUT2D eigenvalue weighted by Crippen LogP contribution is 2.38. The Morgan fingerprint density at radius 1 is 0.603 bits per heavy atom. The Hall–Kier alpha value is -1.80. The van der Waals surface area contributed by atoms with E-state index in [1.54, 1.807) is 6.08 Å². The molecule has 0 rings (SSSR count). The smallest absolute Gasteiger partial charge is 0.268 e. The van der Waals surface area contributed by atoms with Crippen LogP contribution in [0.4, 0.5) is 0 Å². The molecule has 1 amide bonds. The number of unbranched alkanes of at least 4 members (excludes halogenated alkanes) is 21. The molecule has 8 nitrogen and oxygen atoms in total. The van der Waals surface area contributed by atoms with E-state index in [1.807, 2.05) is 27.2 Å². The minimum Gasteiger partial charge on any atom is -0.756 e. The van der Waals surface area contributed by atoms with Crippen molar-refractivity contribution >= 4 is 13.7 Å². The third kappa shape index (κ3) is 42.3. The van der Waals surface area contributed by atoms with E-state index in [4.69, 9.17) is 9.05 Å². The van der Waals surface area contributed by atoms with Gasteiger partial charge in [-0.1, -0.05) is 177 Å². The van der Waals surface area contributed by atoms with Crippen molar-refractivity contribution in [3.63, 3.8) is 0 Å². The number of phosphoric ester groups is 1. The minimum atomic E-state index is -4.60. The van der Waals surface area contributed by atoms with Crippen LogP contribution in [0, 0.1) is 0 Å². The summed E-state index contributed by atoms with van der Waals surface area (Å²) in [7, 11) is 1.22. The maximum atomic E-state index is 12.9. The first-order valence-electron chi connectivity index (χ1n) is 23.7. The summed E-state index contributed by atoms with van der Waals surface area (Å²) >= 11 is 0. The van der Waals surface area contributed by atoms with Gasteiger partial charge in [-0.05, 0) is 70.6 Å². The number of hydrogen-bond acceptors (Lipinski definition) is 6. The number of quaternary nitrogens is 1. The van der Waals surface area contributed by atoms with Crippen molar-refractivity contribution in [2.24, 2.45) is 0 Å². The third-order valence-corrected chi connectivity index (χ3v) is 11.1. The fraction of sp³-hybridized carbons (Fsp3) is 0.776. The van der Waals surface area contributed by atoms with Crippen LogP contribution in [0.1, 0.15) is 194 Å². The monoisotopic (exact) mass is 835 g/mol. The summed E-state index contributed by atoms with van der Waals surface area (Å²) < 4.78 is 23.1. The Morgan fingerprint density at radius 2 is 1.05 bits per heavy atom. The zero-order valence-electron chi connectivity index (χ0n) is 38.2. The minimum absolute atomic E-state index is 0.0122. The number of carbonyl (C=O) groups is 1. The third-order valence-electron chi connectivity index (χ3n) is 10.2. The maximum Gasteiger partial charge on any atom is 0.268 e. The van der Waals surface area contributed by atoms with Gasteiger partial charge in [0.15, 0.2) is 0 Å². The number of aliphatic hydroxyl groups is 1. The van der Waals surface area contributed by atoms with Gasteiger partial charge in [-0.25, -0.2) is 0 Å². The van der Waals surface area contributed by atoms with Crippen LogP contribution in [-0.4, -0.2) is 68.5 Å². The number of hydrogen-bond donors (Lipinski definition) is 2. The molecular formula is C49H91N2O6P. The van der Waals surface area contributed by atoms with Crippen LogP contribution in [0.15, 0.2) is 60.8 Å². The molecule has 0 aliphatic rings. The molecule has 0 radical (unpaired) electrons. The molecule has 3 unspecified atom stereocenters. The number of carbonyl (C=O) groups excluding carboxylic acids is 1. The molecule has 9 heteroatoms. The lowest BCUT2D eigenvalue weighted by Crippen LogP contribution is -2.45. The summed E-state index contributed by atoms with van der Waals surface area (Å²) in [5.74, 6) is -0.220. The van der Waals surface area contributed by atoms with Gasteiger partial charge in [0.25, 0.3) is 7.82 Å². The molecule has 2 N–H and O–H groups in total. The van der Waals surface area contributed by atoms with Crippen molar-refractivity contribution in [3.05, 3.63) is 60.8 Å². The van der Waals surface area contributed by atoms with Gasteiger partial charge in [-0.3, -0.25) is 9.36 Å². The molecule has 58 heavy (non-hydrogen) atoms. The van der Waals surface area contributed by atoms with Gasteiger partial charge in [0, 0.05) is 6.42 Å². The predicted octanol–water partition coefficient (Wildman–Crippen LogP) is 12.8. The number of allylic oxidation sites excluding steroid dienone is 9. The number of likely N-dealkylation sites (N-methyl/N-ethyl adjacent to an activating group) is 1. The molecule has 0 saturated carbocycles. The molecule has 3 atom stereocenters. The standard InChI is InChI=1S/C49H91N2O6P/c1-6-8-10-12-14-16-18-19-20-21-22-23-24-25-26-27-28-29-30-31-33-35-37-39-41-43-49(53)50-47(46-57-58(54,55)56-45-44-51(3,4)5)48(52)42-40-38-36-34-32-17-15-13-11-9-7-2/h11,13,22-23,25-26,32,34,40,42,47-48,52H,6-10,12,14-21,24,27-31,33,35-39,41,43-46H2,1-5H3,(H-,50,53,54,55)/b13-11+,23-22-,26-25-,34-32+,42-40+. The van der Waals surface area contributed by atoms with Crippen molar-refractivity contribution < 1.29 is 32.9 Å². The molecule has 338 valence electrons. The van der Waals surface area contributed by atoms with Crippen molar-refractivity contribution in [1.29, 1.82) is 0 Å². The zero-order chi connectivity index (χ0) is 42.8. The summed E-state index contributed by atoms with van der Waals surface area (Å²) in [4.78, 5) is 25.3. The molecule has 0 aliphatic carbocycles. The molecule has 0 aliphatic heterocycles. The van der Waals surface area contributed by atoms with E-state index in [0.29, 0.717) is 17.4 Å². The highest BCUT2D eigenvalue weighted by molar-refractivity contribution is 7.45. The van der Waals surface area contributed by atoms with Crippen LogP contribution in [0.3, 0.4) is 0 Å². The topological polar surface area (TPSA) is 108 Å². The van der Waals surface area contributed by atoms with Crippen LogP contribution >= 0.6 is 7.82 Å². The summed E-state index contributed by atoms with van der Waals surface area (Å²) in [6, 6.07) is -0.912. The van der Waals surface area contributed by atoms with E-state index in [9.17, 15) is 19.4 Å². The van der Waals surface area contributed by atoms with Gasteiger partial charge in [0.1, 0.15) is 13.2 Å². The first-order chi connectivity index (χ1) is 28.0. The van der Waals surface area contributed by atoms with E-state index in [-0.39, 0.29) is 12.5 Å². The fourth-order valence-electron chi connectivity index (χ4n) is 6.40. The Morgan fingerprint density at radius 3 is 1.55 bits per heavy atom. The molecule has 0 aromatic rings. The summed E-state index contributed by atoms with van der Waals surface area (Å²) in [5.41, 5.74) is 0. The van der Waals surface area contributed by atoms with Crippen molar-refractivity contribution in [2.75, 3.05) is 40.9 Å². The highest BCUT2D eigenvalue weighted by Gasteiger charge is 2.23. The number of phosphoric acid groups is 1. The van der Waals surface area contributed by atoms with E-state index >= 15 is 0 Å². The quantitative estimate of drug-likeness (QED) is 0.0274. The Kier molecular flexibility index (Phi) is 39.3. The largest absolute Gasteiger partial charge is 0.756 e. The number of nitrogens with zero attached hydrogens (tertiary/aromatic N) is 1. The van der Waals surface area contributed by atoms with Crippen LogP contribution < -0.4 is 10.2 Å². The highest BCUT2D eigenvalue weighted by atomic mass is 31.2. The molecule has 0 saturated heterocycles. The zero-order valence-corrected chi connectivity index (χ0v) is 39.1. The van der Waals surface area contributed by atoms with Gasteiger partial charge in [0.2, 0.25) is 5.91 Å². The second kappa shape index (κ2) is 40.6. The SMILES string of the molecule is CCC/C=C/CC/C=C/CC/C=C/C(O)C(COP(=O)([O-])OCC[N+](C)(C)C)NC(=O)CCCCCCCCCCC/C=C\C/C=C\CCCCCCCCCCC. The lowest BCUT2D eigenvalue weighted by Gasteiger charge is -2.29. The van der Waals surface area contributed by atoms with Crippen molar-refractivity contribution in [1.82, 2.24) is 5.32 Å². The average molecular weight is 835 g/mol. The number of amides is 1. The van der Waals surface area contributed by atoms with Crippen LogP contribution in [0.5, 0.6) is 0 Å². The molecule has 0 aromatic carbocycles. The first kappa shape index (κ1) is 56.2. The summed E-state index contributed by atoms with van der Waals surface area (Å²) in [5, 5.41) is 13.7. The van der Waals surface area contributed by atoms with Gasteiger partial charge < -0.3 is 28.8 Å². The number of aliphatic hydroxyl groups excluding tert-OH is 1. The van der Waals surface area contributed by atoms with E-state index in [2.05, 4.69) is 67.8 Å². The van der Waals surface area contributed by atoms with Gasteiger partial charge in [-0.15, -0.1) is 0 Å². The summed E-state index contributed by atoms with van der Waals surface area (Å²) in [6.07, 6.45) is 52.9. The van der Waals surface area contributed by atoms with E-state index < -0.39 is 26.6 Å². The number of nitrogens with one attached hydrogen (secondary N) is 1. The molecule has 0 heterocycles. The fourth-order valence-corrected chi connectivity index (χ4v) is 7.12. The molecule has 0 spiro atoms. The van der Waals surface area contributed by atoms with Crippen LogP contribution in [0.25, 0.3) is 0 Å². The maximum absolute atomic E-state index is 12.9. The molecule has 0 fully saturated rings. The van der Waals surface area contributed by atoms with Crippen molar-refractivity contribution in [2.45, 2.75) is 206 Å². The van der Waals surface area contributed by atoms with E-state index in [0.717, 1.165) is 57.8 Å². The van der Waals surface area contributed by atoms with Crippen LogP contribution in [0.2, 0.25) is 0 Å². The van der Waals surface area contributed by atoms with Crippen molar-refractivity contribution in [3.8, 4) is 0 Å². The molecule has 0 bridgehead atoms. The Labute approximate surface area is 358 Å². The van der Waals surface area contributed by atoms with Gasteiger partial charge >= 0.3 is 0 Å². The van der Waals surface area contributed by atoms with Crippen LogP contribution in [-0.2, 0) is 18.4 Å². The Bertz CT molecular complexity index is 1130. The predicted molar refractivity (Wildman–Crippen MR) is 247 cm³/mol. The second-order valence-corrected chi connectivity index (χ2v) is 18.5. The average Bonchev–Trinajstić information content (AvgIpc) is 3.17. The lowest BCUT2D eigenvalue weighted by atomic mass is 10.1. The first-order valence-corrected chi connectivity index (χ1v) is 25.1. The number of rotatable bonds is 42. The van der Waals surface area contributed by atoms with Gasteiger partial charge in [0.05, 0.1) is 39.9 Å². The molecular weight excluding hydrogens is 744 g/mol. The molecule has 0 aromatic heterocycles. The normalized spacial score (nSPS) is 14.8.